The first-order chi connectivity index (χ1) is 7.65. The van der Waals surface area contributed by atoms with Crippen LogP contribution < -0.4 is 5.32 Å². The minimum atomic E-state index is -0.710. The van der Waals surface area contributed by atoms with Crippen LogP contribution in [0.1, 0.15) is 36.9 Å². The van der Waals surface area contributed by atoms with Crippen molar-refractivity contribution in [3.05, 3.63) is 29.6 Å². The average molecular weight is 220 g/mol. The molecule has 1 aromatic heterocycles. The summed E-state index contributed by atoms with van der Waals surface area (Å²) in [5.74, 6) is 0.157. The van der Waals surface area contributed by atoms with Gasteiger partial charge in [0.25, 0.3) is 0 Å². The summed E-state index contributed by atoms with van der Waals surface area (Å²) in [6.07, 6.45) is 5.09. The SMILES string of the molecule is CNCC(C)(O)C1CCCc2cccnc21. The summed E-state index contributed by atoms with van der Waals surface area (Å²) in [7, 11) is 1.87. The van der Waals surface area contributed by atoms with Gasteiger partial charge in [-0.2, -0.15) is 0 Å². The zero-order valence-electron chi connectivity index (χ0n) is 10.0. The van der Waals surface area contributed by atoms with Gasteiger partial charge in [-0.1, -0.05) is 6.07 Å². The zero-order chi connectivity index (χ0) is 11.6. The molecule has 0 saturated heterocycles. The van der Waals surface area contributed by atoms with Crippen molar-refractivity contribution < 1.29 is 5.11 Å². The second-order valence-corrected chi connectivity index (χ2v) is 4.88. The molecular formula is C13H20N2O. The van der Waals surface area contributed by atoms with Crippen molar-refractivity contribution in [2.24, 2.45) is 0 Å². The molecule has 3 nitrogen and oxygen atoms in total. The van der Waals surface area contributed by atoms with Gasteiger partial charge in [-0.15, -0.1) is 0 Å². The standard InChI is InChI=1S/C13H20N2O/c1-13(16,9-14-2)11-7-3-5-10-6-4-8-15-12(10)11/h4,6,8,11,14,16H,3,5,7,9H2,1-2H3. The summed E-state index contributed by atoms with van der Waals surface area (Å²) >= 11 is 0. The Hall–Kier alpha value is -0.930. The molecule has 1 heterocycles. The molecule has 0 radical (unpaired) electrons. The first kappa shape index (κ1) is 11.6. The van der Waals surface area contributed by atoms with Crippen LogP contribution in [0.2, 0.25) is 0 Å². The number of aliphatic hydroxyl groups is 1. The highest BCUT2D eigenvalue weighted by molar-refractivity contribution is 5.28. The molecule has 0 fully saturated rings. The Morgan fingerprint density at radius 2 is 2.44 bits per heavy atom. The predicted octanol–water partition coefficient (Wildman–Crippen LogP) is 1.47. The molecule has 2 unspecified atom stereocenters. The highest BCUT2D eigenvalue weighted by Gasteiger charge is 2.36. The molecule has 0 aliphatic heterocycles. The fourth-order valence-corrected chi connectivity index (χ4v) is 2.70. The molecular weight excluding hydrogens is 200 g/mol. The number of aryl methyl sites for hydroxylation is 1. The van der Waals surface area contributed by atoms with E-state index >= 15 is 0 Å². The number of nitrogens with one attached hydrogen (secondary N) is 1. The van der Waals surface area contributed by atoms with Gasteiger partial charge in [0, 0.05) is 24.4 Å². The Kier molecular flexibility index (Phi) is 3.26. The summed E-state index contributed by atoms with van der Waals surface area (Å²) in [5, 5.41) is 13.5. The first-order valence-corrected chi connectivity index (χ1v) is 5.96. The van der Waals surface area contributed by atoms with Gasteiger partial charge >= 0.3 is 0 Å². The van der Waals surface area contributed by atoms with Crippen molar-refractivity contribution in [2.75, 3.05) is 13.6 Å². The lowest BCUT2D eigenvalue weighted by Crippen LogP contribution is -2.43. The summed E-state index contributed by atoms with van der Waals surface area (Å²) in [6.45, 7) is 2.51. The lowest BCUT2D eigenvalue weighted by atomic mass is 9.76. The predicted molar refractivity (Wildman–Crippen MR) is 64.5 cm³/mol. The minimum Gasteiger partial charge on any atom is -0.388 e. The maximum atomic E-state index is 10.5. The Morgan fingerprint density at radius 1 is 1.62 bits per heavy atom. The topological polar surface area (TPSA) is 45.1 Å². The molecule has 1 aromatic rings. The maximum Gasteiger partial charge on any atom is 0.0826 e. The van der Waals surface area contributed by atoms with Crippen LogP contribution in [0.3, 0.4) is 0 Å². The lowest BCUT2D eigenvalue weighted by molar-refractivity contribution is 0.0252. The number of aromatic nitrogens is 1. The van der Waals surface area contributed by atoms with Crippen molar-refractivity contribution in [1.29, 1.82) is 0 Å². The molecule has 16 heavy (non-hydrogen) atoms. The number of nitrogens with zero attached hydrogens (tertiary/aromatic N) is 1. The second kappa shape index (κ2) is 4.52. The normalized spacial score (nSPS) is 23.6. The van der Waals surface area contributed by atoms with E-state index in [9.17, 15) is 5.11 Å². The van der Waals surface area contributed by atoms with Gasteiger partial charge in [0.1, 0.15) is 0 Å². The Labute approximate surface area is 96.9 Å². The summed E-state index contributed by atoms with van der Waals surface area (Å²) in [4.78, 5) is 4.46. The van der Waals surface area contributed by atoms with E-state index in [-0.39, 0.29) is 5.92 Å². The van der Waals surface area contributed by atoms with Crippen molar-refractivity contribution in [3.8, 4) is 0 Å². The van der Waals surface area contributed by atoms with Crippen LogP contribution in [0.15, 0.2) is 18.3 Å². The van der Waals surface area contributed by atoms with Crippen LogP contribution in [-0.4, -0.2) is 29.3 Å². The number of pyridine rings is 1. The fraction of sp³-hybridized carbons (Fsp3) is 0.615. The molecule has 0 aromatic carbocycles. The number of hydrogen-bond donors (Lipinski definition) is 2. The van der Waals surface area contributed by atoms with E-state index in [1.54, 1.807) is 0 Å². The third-order valence-electron chi connectivity index (χ3n) is 3.48. The molecule has 0 spiro atoms. The fourth-order valence-electron chi connectivity index (χ4n) is 2.70. The van der Waals surface area contributed by atoms with Crippen LogP contribution in [0.4, 0.5) is 0 Å². The van der Waals surface area contributed by atoms with E-state index < -0.39 is 5.60 Å². The highest BCUT2D eigenvalue weighted by Crippen LogP contribution is 2.37. The van der Waals surface area contributed by atoms with Gasteiger partial charge in [0.05, 0.1) is 5.60 Å². The number of rotatable bonds is 3. The number of likely N-dealkylation sites (N-methyl/N-ethyl adjacent to an activating group) is 1. The van der Waals surface area contributed by atoms with Crippen molar-refractivity contribution in [3.63, 3.8) is 0 Å². The monoisotopic (exact) mass is 220 g/mol. The van der Waals surface area contributed by atoms with E-state index in [1.165, 1.54) is 5.56 Å². The van der Waals surface area contributed by atoms with Gasteiger partial charge in [0.2, 0.25) is 0 Å². The molecule has 0 saturated carbocycles. The van der Waals surface area contributed by atoms with Crippen LogP contribution in [-0.2, 0) is 6.42 Å². The Morgan fingerprint density at radius 3 is 3.19 bits per heavy atom. The van der Waals surface area contributed by atoms with Crippen LogP contribution >= 0.6 is 0 Å². The minimum absolute atomic E-state index is 0.157. The number of fused-ring (bicyclic) bond motifs is 1. The molecule has 3 heteroatoms. The summed E-state index contributed by atoms with van der Waals surface area (Å²) in [5.41, 5.74) is 1.68. The van der Waals surface area contributed by atoms with Crippen LogP contribution in [0.5, 0.6) is 0 Å². The van der Waals surface area contributed by atoms with E-state index in [4.69, 9.17) is 0 Å². The Balaban J connectivity index is 2.31. The van der Waals surface area contributed by atoms with Crippen molar-refractivity contribution in [1.82, 2.24) is 10.3 Å². The van der Waals surface area contributed by atoms with E-state index in [0.29, 0.717) is 6.54 Å². The summed E-state index contributed by atoms with van der Waals surface area (Å²) in [6, 6.07) is 4.11. The molecule has 1 aliphatic rings. The van der Waals surface area contributed by atoms with Crippen LogP contribution in [0, 0.1) is 0 Å². The van der Waals surface area contributed by atoms with Crippen LogP contribution in [0.25, 0.3) is 0 Å². The van der Waals surface area contributed by atoms with Gasteiger partial charge in [-0.25, -0.2) is 0 Å². The van der Waals surface area contributed by atoms with Gasteiger partial charge in [0.15, 0.2) is 0 Å². The molecule has 88 valence electrons. The lowest BCUT2D eigenvalue weighted by Gasteiger charge is -2.36. The first-order valence-electron chi connectivity index (χ1n) is 5.96. The summed E-state index contributed by atoms with van der Waals surface area (Å²) < 4.78 is 0. The molecule has 2 N–H and O–H groups in total. The quantitative estimate of drug-likeness (QED) is 0.811. The smallest absolute Gasteiger partial charge is 0.0826 e. The molecule has 2 rings (SSSR count). The van der Waals surface area contributed by atoms with Gasteiger partial charge < -0.3 is 10.4 Å². The van der Waals surface area contributed by atoms with E-state index in [0.717, 1.165) is 25.0 Å². The average Bonchev–Trinajstić information content (AvgIpc) is 2.28. The van der Waals surface area contributed by atoms with Gasteiger partial charge in [-0.05, 0) is 44.9 Å². The van der Waals surface area contributed by atoms with Gasteiger partial charge in [-0.3, -0.25) is 4.98 Å². The zero-order valence-corrected chi connectivity index (χ0v) is 10.0. The third-order valence-corrected chi connectivity index (χ3v) is 3.48. The molecule has 2 atom stereocenters. The molecule has 0 amide bonds. The van der Waals surface area contributed by atoms with E-state index in [2.05, 4.69) is 16.4 Å². The number of hydrogen-bond acceptors (Lipinski definition) is 3. The van der Waals surface area contributed by atoms with E-state index in [1.807, 2.05) is 26.2 Å². The highest BCUT2D eigenvalue weighted by atomic mass is 16.3. The molecule has 0 bridgehead atoms. The molecule has 1 aliphatic carbocycles. The maximum absolute atomic E-state index is 10.5. The Bertz CT molecular complexity index is 363. The second-order valence-electron chi connectivity index (χ2n) is 4.88. The van der Waals surface area contributed by atoms with Crippen molar-refractivity contribution in [2.45, 2.75) is 37.7 Å². The van der Waals surface area contributed by atoms with Crippen molar-refractivity contribution >= 4 is 0 Å². The third kappa shape index (κ3) is 2.11. The largest absolute Gasteiger partial charge is 0.388 e.